The van der Waals surface area contributed by atoms with E-state index in [9.17, 15) is 4.79 Å². The first-order chi connectivity index (χ1) is 7.25. The number of thiophene rings is 1. The third kappa shape index (κ3) is 2.66. The molecule has 0 unspecified atom stereocenters. The van der Waals surface area contributed by atoms with Crippen LogP contribution in [0.4, 0.5) is 0 Å². The molecular formula is C9H9N3OS2. The second-order valence-electron chi connectivity index (χ2n) is 2.91. The number of hydrogen-bond donors (Lipinski definition) is 1. The fourth-order valence-electron chi connectivity index (χ4n) is 1.01. The van der Waals surface area contributed by atoms with Crippen LogP contribution in [0.25, 0.3) is 0 Å². The Balaban J connectivity index is 1.98. The monoisotopic (exact) mass is 239 g/mol. The summed E-state index contributed by atoms with van der Waals surface area (Å²) in [5.41, 5.74) is 0. The lowest BCUT2D eigenvalue weighted by molar-refractivity contribution is -0.118. The molecule has 1 atom stereocenters. The zero-order valence-electron chi connectivity index (χ0n) is 8.01. The summed E-state index contributed by atoms with van der Waals surface area (Å²) in [6.45, 7) is 1.84. The van der Waals surface area contributed by atoms with Gasteiger partial charge in [0.1, 0.15) is 0 Å². The fraction of sp³-hybridized carbons (Fsp3) is 0.222. The Morgan fingerprint density at radius 1 is 1.60 bits per heavy atom. The van der Waals surface area contributed by atoms with Crippen LogP contribution in [0.3, 0.4) is 0 Å². The molecule has 0 saturated carbocycles. The Bertz CT molecular complexity index is 411. The molecule has 1 aromatic heterocycles. The van der Waals surface area contributed by atoms with Crippen molar-refractivity contribution in [3.8, 4) is 0 Å². The maximum Gasteiger partial charge on any atom is 0.239 e. The smallest absolute Gasteiger partial charge is 0.239 e. The number of carbonyl (C=O) groups is 1. The normalized spacial score (nSPS) is 23.9. The molecule has 1 aliphatic heterocycles. The molecular weight excluding hydrogens is 230 g/mol. The summed E-state index contributed by atoms with van der Waals surface area (Å²) >= 11 is 2.98. The SMILES string of the molecule is C[C@@H]1S/C(=N/N=C\c2cccs2)NC1=O. The molecule has 1 aliphatic rings. The van der Waals surface area contributed by atoms with Crippen molar-refractivity contribution in [2.45, 2.75) is 12.2 Å². The standard InChI is InChI=1S/C9H9N3OS2/c1-6-8(13)11-9(15-6)12-10-5-7-3-2-4-14-7/h2-6H,1H3,(H,11,12,13)/b10-5-/t6-/m0/s1. The van der Waals surface area contributed by atoms with Gasteiger partial charge in [0.25, 0.3) is 0 Å². The van der Waals surface area contributed by atoms with Crippen LogP contribution >= 0.6 is 23.1 Å². The summed E-state index contributed by atoms with van der Waals surface area (Å²) < 4.78 is 0. The van der Waals surface area contributed by atoms with E-state index < -0.39 is 0 Å². The first-order valence-corrected chi connectivity index (χ1v) is 6.13. The lowest BCUT2D eigenvalue weighted by Gasteiger charge is -1.88. The Morgan fingerprint density at radius 3 is 3.07 bits per heavy atom. The summed E-state index contributed by atoms with van der Waals surface area (Å²) in [6.07, 6.45) is 1.67. The van der Waals surface area contributed by atoms with Crippen molar-refractivity contribution in [3.63, 3.8) is 0 Å². The van der Waals surface area contributed by atoms with Crippen LogP contribution in [-0.4, -0.2) is 22.5 Å². The number of nitrogens with zero attached hydrogens (tertiary/aromatic N) is 2. The van der Waals surface area contributed by atoms with Crippen molar-refractivity contribution in [2.75, 3.05) is 0 Å². The van der Waals surface area contributed by atoms with Crippen LogP contribution in [0.5, 0.6) is 0 Å². The van der Waals surface area contributed by atoms with Gasteiger partial charge in [-0.05, 0) is 18.4 Å². The predicted octanol–water partition coefficient (Wildman–Crippen LogP) is 1.69. The van der Waals surface area contributed by atoms with E-state index in [4.69, 9.17) is 0 Å². The summed E-state index contributed by atoms with van der Waals surface area (Å²) in [6, 6.07) is 3.91. The summed E-state index contributed by atoms with van der Waals surface area (Å²) in [5, 5.41) is 12.9. The van der Waals surface area contributed by atoms with Gasteiger partial charge in [0, 0.05) is 4.88 Å². The van der Waals surface area contributed by atoms with E-state index in [0.29, 0.717) is 5.17 Å². The van der Waals surface area contributed by atoms with Crippen LogP contribution in [0.1, 0.15) is 11.8 Å². The number of amidine groups is 1. The minimum Gasteiger partial charge on any atom is -0.303 e. The van der Waals surface area contributed by atoms with E-state index in [0.717, 1.165) is 4.88 Å². The molecule has 1 aromatic rings. The molecule has 6 heteroatoms. The third-order valence-corrected chi connectivity index (χ3v) is 3.55. The predicted molar refractivity (Wildman–Crippen MR) is 64.5 cm³/mol. The molecule has 78 valence electrons. The van der Waals surface area contributed by atoms with Crippen molar-refractivity contribution in [1.29, 1.82) is 0 Å². The second kappa shape index (κ2) is 4.59. The molecule has 2 rings (SSSR count). The Kier molecular flexibility index (Phi) is 3.17. The number of hydrogen-bond acceptors (Lipinski definition) is 5. The van der Waals surface area contributed by atoms with Crippen LogP contribution in [-0.2, 0) is 4.79 Å². The zero-order valence-corrected chi connectivity index (χ0v) is 9.64. The molecule has 1 amide bonds. The van der Waals surface area contributed by atoms with Crippen molar-refractivity contribution in [1.82, 2.24) is 5.32 Å². The van der Waals surface area contributed by atoms with Crippen LogP contribution in [0.15, 0.2) is 27.7 Å². The van der Waals surface area contributed by atoms with E-state index in [1.165, 1.54) is 11.8 Å². The highest BCUT2D eigenvalue weighted by Gasteiger charge is 2.25. The lowest BCUT2D eigenvalue weighted by Crippen LogP contribution is -2.23. The number of thioether (sulfide) groups is 1. The van der Waals surface area contributed by atoms with Crippen LogP contribution in [0, 0.1) is 0 Å². The highest BCUT2D eigenvalue weighted by molar-refractivity contribution is 8.15. The minimum atomic E-state index is -0.0688. The molecule has 1 N–H and O–H groups in total. The summed E-state index contributed by atoms with van der Waals surface area (Å²) in [5.74, 6) is -0.00919. The average molecular weight is 239 g/mol. The number of amides is 1. The number of carbonyl (C=O) groups excluding carboxylic acids is 1. The molecule has 1 fully saturated rings. The molecule has 0 radical (unpaired) electrons. The lowest BCUT2D eigenvalue weighted by atomic mass is 10.4. The largest absolute Gasteiger partial charge is 0.303 e. The maximum atomic E-state index is 11.1. The van der Waals surface area contributed by atoms with E-state index in [1.807, 2.05) is 24.4 Å². The first-order valence-electron chi connectivity index (χ1n) is 4.38. The van der Waals surface area contributed by atoms with Crippen molar-refractivity contribution in [3.05, 3.63) is 22.4 Å². The Hall–Kier alpha value is -1.14. The van der Waals surface area contributed by atoms with Gasteiger partial charge in [-0.1, -0.05) is 17.8 Å². The quantitative estimate of drug-likeness (QED) is 0.630. The van der Waals surface area contributed by atoms with Crippen LogP contribution < -0.4 is 5.32 Å². The summed E-state index contributed by atoms with van der Waals surface area (Å²) in [7, 11) is 0. The van der Waals surface area contributed by atoms with E-state index >= 15 is 0 Å². The average Bonchev–Trinajstić information content (AvgIpc) is 2.79. The minimum absolute atomic E-state index is 0.00919. The van der Waals surface area contributed by atoms with E-state index in [2.05, 4.69) is 15.5 Å². The van der Waals surface area contributed by atoms with Crippen LogP contribution in [0.2, 0.25) is 0 Å². The van der Waals surface area contributed by atoms with Gasteiger partial charge in [-0.3, -0.25) is 4.79 Å². The van der Waals surface area contributed by atoms with Crippen molar-refractivity contribution < 1.29 is 4.79 Å². The van der Waals surface area contributed by atoms with Gasteiger partial charge < -0.3 is 5.32 Å². The van der Waals surface area contributed by atoms with Gasteiger partial charge in [-0.25, -0.2) is 0 Å². The highest BCUT2D eigenvalue weighted by Crippen LogP contribution is 2.18. The number of nitrogens with one attached hydrogen (secondary N) is 1. The Morgan fingerprint density at radius 2 is 2.47 bits per heavy atom. The van der Waals surface area contributed by atoms with Gasteiger partial charge >= 0.3 is 0 Å². The van der Waals surface area contributed by atoms with E-state index in [1.54, 1.807) is 17.6 Å². The highest BCUT2D eigenvalue weighted by atomic mass is 32.2. The summed E-state index contributed by atoms with van der Waals surface area (Å²) in [4.78, 5) is 12.2. The molecule has 2 heterocycles. The van der Waals surface area contributed by atoms with E-state index in [-0.39, 0.29) is 11.2 Å². The first kappa shape index (κ1) is 10.4. The van der Waals surface area contributed by atoms with Gasteiger partial charge in [-0.2, -0.15) is 5.10 Å². The zero-order chi connectivity index (χ0) is 10.7. The molecule has 4 nitrogen and oxygen atoms in total. The molecule has 0 bridgehead atoms. The van der Waals surface area contributed by atoms with Gasteiger partial charge in [0.15, 0.2) is 5.17 Å². The Labute approximate surface area is 95.5 Å². The molecule has 0 spiro atoms. The third-order valence-electron chi connectivity index (χ3n) is 1.76. The maximum absolute atomic E-state index is 11.1. The fourth-order valence-corrected chi connectivity index (χ4v) is 2.34. The van der Waals surface area contributed by atoms with Gasteiger partial charge in [-0.15, -0.1) is 16.4 Å². The topological polar surface area (TPSA) is 53.8 Å². The molecule has 1 saturated heterocycles. The molecule has 0 aromatic carbocycles. The molecule has 0 aliphatic carbocycles. The van der Waals surface area contributed by atoms with Gasteiger partial charge in [0.05, 0.1) is 11.5 Å². The van der Waals surface area contributed by atoms with Crippen molar-refractivity contribution in [2.24, 2.45) is 10.2 Å². The van der Waals surface area contributed by atoms with Gasteiger partial charge in [0.2, 0.25) is 5.91 Å². The second-order valence-corrected chi connectivity index (χ2v) is 5.22. The number of rotatable bonds is 2. The van der Waals surface area contributed by atoms with Crippen molar-refractivity contribution >= 4 is 40.4 Å². The molecule has 15 heavy (non-hydrogen) atoms.